The van der Waals surface area contributed by atoms with Crippen molar-refractivity contribution < 1.29 is 14.3 Å². The Morgan fingerprint density at radius 3 is 3.04 bits per heavy atom. The minimum atomic E-state index is -0.570. The van der Waals surface area contributed by atoms with E-state index in [1.165, 1.54) is 11.3 Å². The van der Waals surface area contributed by atoms with Gasteiger partial charge in [-0.3, -0.25) is 0 Å². The summed E-state index contributed by atoms with van der Waals surface area (Å²) in [5, 5.41) is 8.16. The molecule has 3 amide bonds. The second kappa shape index (κ2) is 5.87. The van der Waals surface area contributed by atoms with Crippen molar-refractivity contribution >= 4 is 28.4 Å². The summed E-state index contributed by atoms with van der Waals surface area (Å²) in [5.41, 5.74) is 0.200. The highest BCUT2D eigenvalue weighted by molar-refractivity contribution is 7.16. The van der Waals surface area contributed by atoms with E-state index in [2.05, 4.69) is 15.4 Å². The smallest absolute Gasteiger partial charge is 0.410 e. The van der Waals surface area contributed by atoms with Crippen LogP contribution in [0.5, 0.6) is 0 Å². The molecule has 2 aliphatic rings. The number of rotatable bonds is 2. The third kappa shape index (κ3) is 3.01. The number of piperidine rings is 1. The second-order valence-corrected chi connectivity index (χ2v) is 7.83. The van der Waals surface area contributed by atoms with Crippen LogP contribution in [0.1, 0.15) is 23.5 Å². The lowest BCUT2D eigenvalue weighted by molar-refractivity contribution is 0.00317. The number of aryl methyl sites for hydroxylation is 1. The zero-order valence-electron chi connectivity index (χ0n) is 14.2. The number of likely N-dealkylation sites (tertiary alicyclic amines) is 1. The van der Waals surface area contributed by atoms with Crippen molar-refractivity contribution in [3.05, 3.63) is 16.9 Å². The van der Waals surface area contributed by atoms with E-state index >= 15 is 0 Å². The molecule has 0 bridgehead atoms. The van der Waals surface area contributed by atoms with E-state index in [1.807, 2.05) is 13.1 Å². The molecule has 1 N–H and O–H groups in total. The molecule has 25 heavy (non-hydrogen) atoms. The quantitative estimate of drug-likeness (QED) is 0.865. The second-order valence-electron chi connectivity index (χ2n) is 6.67. The monoisotopic (exact) mass is 364 g/mol. The fourth-order valence-corrected chi connectivity index (χ4v) is 4.23. The number of hydrogen-bond donors (Lipinski definition) is 1. The van der Waals surface area contributed by atoms with E-state index in [0.29, 0.717) is 26.2 Å². The van der Waals surface area contributed by atoms with Gasteiger partial charge in [-0.2, -0.15) is 5.10 Å². The number of fused-ring (bicyclic) bond motifs is 1. The first-order valence-corrected chi connectivity index (χ1v) is 9.04. The van der Waals surface area contributed by atoms with Crippen LogP contribution >= 0.6 is 11.3 Å². The maximum atomic E-state index is 12.5. The molecule has 9 nitrogen and oxygen atoms in total. The molecule has 2 fully saturated rings. The fraction of sp³-hybridized carbons (Fsp3) is 0.600. The number of likely N-dealkylation sites (N-methyl/N-ethyl adjacent to an activating group) is 1. The maximum Gasteiger partial charge on any atom is 0.410 e. The summed E-state index contributed by atoms with van der Waals surface area (Å²) in [6.45, 7) is 3.89. The van der Waals surface area contributed by atoms with E-state index in [1.54, 1.807) is 21.4 Å². The summed E-state index contributed by atoms with van der Waals surface area (Å²) in [7, 11) is 1.72. The summed E-state index contributed by atoms with van der Waals surface area (Å²) < 4.78 is 7.26. The lowest BCUT2D eigenvalue weighted by atomic mass is 9.93. The molecule has 2 aromatic heterocycles. The molecule has 0 unspecified atom stereocenters. The first-order valence-electron chi connectivity index (χ1n) is 8.23. The number of nitrogens with one attached hydrogen (secondary N) is 1. The van der Waals surface area contributed by atoms with Gasteiger partial charge in [-0.15, -0.1) is 0 Å². The highest BCUT2D eigenvalue weighted by Gasteiger charge is 2.47. The van der Waals surface area contributed by atoms with E-state index in [4.69, 9.17) is 4.74 Å². The molecule has 0 saturated carbocycles. The van der Waals surface area contributed by atoms with Gasteiger partial charge in [0.05, 0.1) is 31.5 Å². The van der Waals surface area contributed by atoms with Crippen molar-refractivity contribution in [3.63, 3.8) is 0 Å². The number of amides is 3. The Bertz CT molecular complexity index is 801. The highest BCUT2D eigenvalue weighted by atomic mass is 32.1. The Balaban J connectivity index is 1.37. The number of aromatic nitrogens is 3. The number of imidazole rings is 1. The van der Waals surface area contributed by atoms with Gasteiger partial charge in [0.15, 0.2) is 0 Å². The fourth-order valence-electron chi connectivity index (χ4n) is 3.48. The summed E-state index contributed by atoms with van der Waals surface area (Å²) in [6, 6.07) is -0.162. The lowest BCUT2D eigenvalue weighted by Gasteiger charge is -2.38. The molecule has 1 atom stereocenters. The van der Waals surface area contributed by atoms with Crippen LogP contribution in [0.25, 0.3) is 4.96 Å². The average molecular weight is 364 g/mol. The normalized spacial score (nSPS) is 23.5. The SMILES string of the molecule is Cc1nn2cc(CNC(=O)N3CCC[C@@]4(CN(C)C(=O)O4)C3)nc2s1. The maximum absolute atomic E-state index is 12.5. The molecule has 10 heteroatoms. The molecule has 2 saturated heterocycles. The van der Waals surface area contributed by atoms with Crippen LogP contribution in [-0.4, -0.2) is 68.8 Å². The topological polar surface area (TPSA) is 92.1 Å². The predicted octanol–water partition coefficient (Wildman–Crippen LogP) is 1.23. The molecule has 0 aromatic carbocycles. The van der Waals surface area contributed by atoms with Crippen LogP contribution in [0.2, 0.25) is 0 Å². The Morgan fingerprint density at radius 1 is 1.48 bits per heavy atom. The Labute approximate surface area is 148 Å². The highest BCUT2D eigenvalue weighted by Crippen LogP contribution is 2.31. The van der Waals surface area contributed by atoms with Crippen molar-refractivity contribution in [1.29, 1.82) is 0 Å². The van der Waals surface area contributed by atoms with Crippen molar-refractivity contribution in [2.24, 2.45) is 0 Å². The van der Waals surface area contributed by atoms with E-state index < -0.39 is 5.60 Å². The molecule has 0 aliphatic carbocycles. The van der Waals surface area contributed by atoms with Crippen molar-refractivity contribution in [3.8, 4) is 0 Å². The largest absolute Gasteiger partial charge is 0.439 e. The van der Waals surface area contributed by atoms with Crippen molar-refractivity contribution in [1.82, 2.24) is 29.7 Å². The minimum absolute atomic E-state index is 0.162. The first-order chi connectivity index (χ1) is 11.9. The van der Waals surface area contributed by atoms with Crippen LogP contribution in [-0.2, 0) is 11.3 Å². The molecule has 0 radical (unpaired) electrons. The molecule has 134 valence electrons. The zero-order chi connectivity index (χ0) is 17.6. The van der Waals surface area contributed by atoms with Crippen LogP contribution in [0.3, 0.4) is 0 Å². The van der Waals surface area contributed by atoms with Gasteiger partial charge in [-0.05, 0) is 19.8 Å². The molecular weight excluding hydrogens is 344 g/mol. The third-order valence-electron chi connectivity index (χ3n) is 4.58. The molecule has 2 aromatic rings. The predicted molar refractivity (Wildman–Crippen MR) is 90.5 cm³/mol. The number of urea groups is 1. The summed E-state index contributed by atoms with van der Waals surface area (Å²) in [4.78, 5) is 32.7. The molecule has 1 spiro atoms. The standard InChI is InChI=1S/C15H20N6O3S/c1-10-18-21-7-11(17-13(21)25-10)6-16-12(22)20-5-3-4-15(9-20)8-19(2)14(23)24-15/h7H,3-6,8-9H2,1-2H3,(H,16,22)/t15-/m1/s1. The summed E-state index contributed by atoms with van der Waals surface area (Å²) in [5.74, 6) is 0. The van der Waals surface area contributed by atoms with Gasteiger partial charge in [-0.1, -0.05) is 11.3 Å². The molecular formula is C15H20N6O3S. The Hall–Kier alpha value is -2.36. The Kier molecular flexibility index (Phi) is 3.78. The van der Waals surface area contributed by atoms with Gasteiger partial charge in [0.25, 0.3) is 0 Å². The molecule has 4 heterocycles. The number of nitrogens with zero attached hydrogens (tertiary/aromatic N) is 5. The first kappa shape index (κ1) is 16.1. The molecule has 4 rings (SSSR count). The van der Waals surface area contributed by atoms with Crippen LogP contribution in [0.4, 0.5) is 9.59 Å². The van der Waals surface area contributed by atoms with Gasteiger partial charge < -0.3 is 19.9 Å². The van der Waals surface area contributed by atoms with Gasteiger partial charge in [0, 0.05) is 13.6 Å². The van der Waals surface area contributed by atoms with Crippen molar-refractivity contribution in [2.45, 2.75) is 31.9 Å². The number of carbonyl (C=O) groups excluding carboxylic acids is 2. The van der Waals surface area contributed by atoms with E-state index in [0.717, 1.165) is 28.5 Å². The van der Waals surface area contributed by atoms with Crippen LogP contribution in [0.15, 0.2) is 6.20 Å². The van der Waals surface area contributed by atoms with Crippen LogP contribution < -0.4 is 5.32 Å². The van der Waals surface area contributed by atoms with E-state index in [-0.39, 0.29) is 12.1 Å². The van der Waals surface area contributed by atoms with Crippen LogP contribution in [0, 0.1) is 6.92 Å². The Morgan fingerprint density at radius 2 is 2.32 bits per heavy atom. The lowest BCUT2D eigenvalue weighted by Crippen LogP contribution is -2.54. The zero-order valence-corrected chi connectivity index (χ0v) is 15.0. The average Bonchev–Trinajstić information content (AvgIpc) is 3.16. The van der Waals surface area contributed by atoms with Gasteiger partial charge in [0.1, 0.15) is 10.6 Å². The number of carbonyl (C=O) groups is 2. The van der Waals surface area contributed by atoms with Gasteiger partial charge in [0.2, 0.25) is 4.96 Å². The number of ether oxygens (including phenoxy) is 1. The summed E-state index contributed by atoms with van der Waals surface area (Å²) in [6.07, 6.45) is 3.11. The van der Waals surface area contributed by atoms with Gasteiger partial charge in [-0.25, -0.2) is 19.1 Å². The molecule has 2 aliphatic heterocycles. The van der Waals surface area contributed by atoms with Crippen molar-refractivity contribution in [2.75, 3.05) is 26.7 Å². The van der Waals surface area contributed by atoms with E-state index in [9.17, 15) is 9.59 Å². The number of hydrogen-bond acceptors (Lipinski definition) is 6. The minimum Gasteiger partial charge on any atom is -0.439 e. The van der Waals surface area contributed by atoms with Gasteiger partial charge >= 0.3 is 12.1 Å². The summed E-state index contributed by atoms with van der Waals surface area (Å²) >= 11 is 1.51. The third-order valence-corrected chi connectivity index (χ3v) is 5.42.